The molecule has 358 valence electrons. The van der Waals surface area contributed by atoms with Gasteiger partial charge in [-0.05, 0) is 161 Å². The highest BCUT2D eigenvalue weighted by atomic mass is 28.3. The summed E-state index contributed by atoms with van der Waals surface area (Å²) in [6.45, 7) is 37.3. The van der Waals surface area contributed by atoms with Crippen LogP contribution in [-0.2, 0) is 21.7 Å². The highest BCUT2D eigenvalue weighted by molar-refractivity contribution is 6.76. The quantitative estimate of drug-likeness (QED) is 0.119. The summed E-state index contributed by atoms with van der Waals surface area (Å²) in [4.78, 5) is 0. The van der Waals surface area contributed by atoms with E-state index in [4.69, 9.17) is 0 Å². The minimum Gasteiger partial charge on any atom is -0.316 e. The zero-order valence-corrected chi connectivity index (χ0v) is 46.0. The summed E-state index contributed by atoms with van der Waals surface area (Å²) in [5, 5.41) is 0. The number of hydrogen-bond donors (Lipinski definition) is 0. The first-order valence-electron chi connectivity index (χ1n) is 27.4. The Kier molecular flexibility index (Phi) is 12.6. The van der Waals surface area contributed by atoms with Crippen molar-refractivity contribution in [2.45, 2.75) is 219 Å². The molecule has 2 fully saturated rings. The third-order valence-electron chi connectivity index (χ3n) is 18.3. The highest BCUT2D eigenvalue weighted by Gasteiger charge is 2.57. The first kappa shape index (κ1) is 48.6. The Morgan fingerprint density at radius 3 is 1.69 bits per heavy atom. The molecule has 0 aliphatic heterocycles. The van der Waals surface area contributed by atoms with Gasteiger partial charge in [-0.1, -0.05) is 217 Å². The smallest absolute Gasteiger partial charge is 0.127 e. The van der Waals surface area contributed by atoms with Crippen molar-refractivity contribution in [1.82, 2.24) is 4.57 Å². The molecule has 0 saturated heterocycles. The largest absolute Gasteiger partial charge is 0.316 e. The van der Waals surface area contributed by atoms with Crippen molar-refractivity contribution >= 4 is 13.8 Å². The molecule has 0 spiro atoms. The second-order valence-corrected chi connectivity index (χ2v) is 30.8. The molecular formula is C65H89NSi. The van der Waals surface area contributed by atoms with Gasteiger partial charge in [-0.3, -0.25) is 0 Å². The molecule has 5 aliphatic rings. The SMILES string of the molecule is CCCCC1(CCCC)C2=CC3CC(C)C([Si](C)(C)N(C4CCCCC4)C(C)(C)C)C3C=C2c2ccc(C3(c4ccc(C)cc4)c4cc(C(C)(C)C)ccc4-c4ccc(C(C)(C)C)cc43)cc21. The average Bonchev–Trinajstić information content (AvgIpc) is 3.85. The van der Waals surface area contributed by atoms with Gasteiger partial charge in [0.15, 0.2) is 0 Å². The van der Waals surface area contributed by atoms with Gasteiger partial charge in [0, 0.05) is 17.0 Å². The fourth-order valence-corrected chi connectivity index (χ4v) is 21.7. The van der Waals surface area contributed by atoms with Gasteiger partial charge in [-0.25, -0.2) is 0 Å². The zero-order valence-electron chi connectivity index (χ0n) is 45.0. The second-order valence-electron chi connectivity index (χ2n) is 26.3. The van der Waals surface area contributed by atoms with Gasteiger partial charge in [0.25, 0.3) is 0 Å². The number of allylic oxidation sites excluding steroid dienone is 4. The molecule has 67 heavy (non-hydrogen) atoms. The van der Waals surface area contributed by atoms with E-state index in [1.165, 1.54) is 127 Å². The lowest BCUT2D eigenvalue weighted by molar-refractivity contribution is 0.139. The molecule has 4 aromatic rings. The molecule has 4 unspecified atom stereocenters. The lowest BCUT2D eigenvalue weighted by Gasteiger charge is -2.56. The molecule has 0 bridgehead atoms. The van der Waals surface area contributed by atoms with E-state index in [9.17, 15) is 0 Å². The van der Waals surface area contributed by atoms with Gasteiger partial charge in [-0.2, -0.15) is 0 Å². The van der Waals surface area contributed by atoms with Crippen LogP contribution in [0.5, 0.6) is 0 Å². The van der Waals surface area contributed by atoms with Crippen LogP contribution in [0.15, 0.2) is 96.6 Å². The number of rotatable bonds is 11. The van der Waals surface area contributed by atoms with Crippen LogP contribution in [0.2, 0.25) is 18.6 Å². The molecule has 5 aliphatic carbocycles. The van der Waals surface area contributed by atoms with Crippen LogP contribution in [0.25, 0.3) is 16.7 Å². The van der Waals surface area contributed by atoms with Crippen LogP contribution in [0.3, 0.4) is 0 Å². The van der Waals surface area contributed by atoms with Crippen molar-refractivity contribution in [1.29, 1.82) is 0 Å². The lowest BCUT2D eigenvalue weighted by Crippen LogP contribution is -2.65. The first-order chi connectivity index (χ1) is 31.6. The fraction of sp³-hybridized carbons (Fsp3) is 0.569. The molecule has 1 nitrogen and oxygen atoms in total. The first-order valence-corrected chi connectivity index (χ1v) is 30.4. The third-order valence-corrected chi connectivity index (χ3v) is 23.2. The minimum absolute atomic E-state index is 0.0151. The average molecular weight is 913 g/mol. The monoisotopic (exact) mass is 912 g/mol. The summed E-state index contributed by atoms with van der Waals surface area (Å²) in [5.41, 5.74) is 19.6. The summed E-state index contributed by atoms with van der Waals surface area (Å²) in [7, 11) is -1.93. The van der Waals surface area contributed by atoms with Gasteiger partial charge in [0.2, 0.25) is 0 Å². The Hall–Kier alpha value is -3.46. The fourth-order valence-electron chi connectivity index (χ4n) is 15.6. The number of hydrogen-bond acceptors (Lipinski definition) is 1. The predicted molar refractivity (Wildman–Crippen MR) is 293 cm³/mol. The van der Waals surface area contributed by atoms with Gasteiger partial charge in [0.1, 0.15) is 8.24 Å². The topological polar surface area (TPSA) is 3.24 Å². The summed E-state index contributed by atoms with van der Waals surface area (Å²) in [5.74, 6) is 1.95. The maximum atomic E-state index is 3.18. The lowest BCUT2D eigenvalue weighted by atomic mass is 9.64. The van der Waals surface area contributed by atoms with Crippen molar-refractivity contribution < 1.29 is 0 Å². The van der Waals surface area contributed by atoms with E-state index in [-0.39, 0.29) is 21.8 Å². The van der Waals surface area contributed by atoms with Crippen LogP contribution in [0.4, 0.5) is 0 Å². The highest BCUT2D eigenvalue weighted by Crippen LogP contribution is 2.65. The van der Waals surface area contributed by atoms with Crippen LogP contribution in [0, 0.1) is 24.7 Å². The Balaban J connectivity index is 1.30. The van der Waals surface area contributed by atoms with Crippen LogP contribution >= 0.6 is 0 Å². The van der Waals surface area contributed by atoms with E-state index in [1.54, 1.807) is 22.3 Å². The molecule has 4 aromatic carbocycles. The van der Waals surface area contributed by atoms with Crippen LogP contribution < -0.4 is 0 Å². The molecule has 0 radical (unpaired) electrons. The van der Waals surface area contributed by atoms with Crippen LogP contribution in [-0.4, -0.2) is 24.4 Å². The third kappa shape index (κ3) is 7.97. The van der Waals surface area contributed by atoms with Crippen molar-refractivity contribution in [3.8, 4) is 11.1 Å². The Morgan fingerprint density at radius 2 is 1.16 bits per heavy atom. The summed E-state index contributed by atoms with van der Waals surface area (Å²) >= 11 is 0. The number of nitrogens with zero attached hydrogens (tertiary/aromatic N) is 1. The maximum Gasteiger partial charge on any atom is 0.127 e. The molecule has 9 rings (SSSR count). The zero-order chi connectivity index (χ0) is 48.1. The number of unbranched alkanes of at least 4 members (excludes halogenated alkanes) is 2. The van der Waals surface area contributed by atoms with E-state index in [0.29, 0.717) is 11.8 Å². The molecule has 2 saturated carbocycles. The number of benzene rings is 4. The summed E-state index contributed by atoms with van der Waals surface area (Å²) in [6.07, 6.45) is 21.6. The van der Waals surface area contributed by atoms with E-state index >= 15 is 0 Å². The van der Waals surface area contributed by atoms with E-state index in [1.807, 2.05) is 0 Å². The van der Waals surface area contributed by atoms with Crippen LogP contribution in [0.1, 0.15) is 210 Å². The molecule has 0 aromatic heterocycles. The van der Waals surface area contributed by atoms with E-state index in [0.717, 1.165) is 17.5 Å². The van der Waals surface area contributed by atoms with E-state index < -0.39 is 13.7 Å². The van der Waals surface area contributed by atoms with Gasteiger partial charge in [-0.15, -0.1) is 0 Å². The predicted octanol–water partition coefficient (Wildman–Crippen LogP) is 18.2. The van der Waals surface area contributed by atoms with Crippen molar-refractivity contribution in [2.75, 3.05) is 0 Å². The normalized spacial score (nSPS) is 23.3. The standard InChI is InChI=1S/C65H89NSi/c1-16-18-35-64(36-19-17-2)56-38-45-37-44(4)60(67(14,15)66(63(11,12)13)50-23-21-20-22-24-50)54(45)42-55(56)53-34-31-49(41-57(53)64)65(46-27-25-43(3)26-28-46)58-39-47(61(5,6)7)29-32-51(58)52-33-30-48(40-59(52)65)62(8,9)10/h25-34,38-42,44-45,50,54,60H,16-24,35-37H2,1-15H3. The van der Waals surface area contributed by atoms with Crippen molar-refractivity contribution in [2.24, 2.45) is 17.8 Å². The molecular weight excluding hydrogens is 823 g/mol. The number of aryl methyl sites for hydroxylation is 1. The van der Waals surface area contributed by atoms with Gasteiger partial charge in [0.05, 0.1) is 5.41 Å². The Morgan fingerprint density at radius 1 is 0.627 bits per heavy atom. The van der Waals surface area contributed by atoms with Gasteiger partial charge >= 0.3 is 0 Å². The Bertz CT molecular complexity index is 2460. The number of fused-ring (bicyclic) bond motifs is 7. The molecule has 0 N–H and O–H groups in total. The van der Waals surface area contributed by atoms with Crippen molar-refractivity contribution in [3.63, 3.8) is 0 Å². The van der Waals surface area contributed by atoms with E-state index in [2.05, 4.69) is 199 Å². The Labute approximate surface area is 410 Å². The molecule has 0 amide bonds. The minimum atomic E-state index is -1.93. The maximum absolute atomic E-state index is 3.18. The molecule has 4 atom stereocenters. The van der Waals surface area contributed by atoms with Gasteiger partial charge < -0.3 is 4.57 Å². The summed E-state index contributed by atoms with van der Waals surface area (Å²) in [6, 6.07) is 33.5. The summed E-state index contributed by atoms with van der Waals surface area (Å²) < 4.78 is 3.18. The second kappa shape index (κ2) is 17.4. The van der Waals surface area contributed by atoms with Crippen molar-refractivity contribution in [3.05, 3.63) is 147 Å². The molecule has 2 heteroatoms. The molecule has 0 heterocycles.